The van der Waals surface area contributed by atoms with Crippen molar-refractivity contribution < 1.29 is 23.2 Å². The first-order valence-electron chi connectivity index (χ1n) is 9.41. The summed E-state index contributed by atoms with van der Waals surface area (Å²) in [5, 5.41) is 5.59. The molecule has 0 aromatic heterocycles. The Morgan fingerprint density at radius 3 is 2.61 bits per heavy atom. The van der Waals surface area contributed by atoms with Gasteiger partial charge in [0.2, 0.25) is 17.7 Å². The van der Waals surface area contributed by atoms with Gasteiger partial charge in [-0.1, -0.05) is 12.1 Å². The number of benzene rings is 1. The molecule has 3 amide bonds. The summed E-state index contributed by atoms with van der Waals surface area (Å²) in [6.45, 7) is 0.738. The summed E-state index contributed by atoms with van der Waals surface area (Å²) in [4.78, 5) is 39.6. The number of hydrogen-bond acceptors (Lipinski definition) is 4. The van der Waals surface area contributed by atoms with Crippen molar-refractivity contribution in [3.05, 3.63) is 24.3 Å². The van der Waals surface area contributed by atoms with Crippen LogP contribution in [-0.2, 0) is 14.4 Å². The minimum absolute atomic E-state index is 0.00231. The summed E-state index contributed by atoms with van der Waals surface area (Å²) < 4.78 is 24.8. The first kappa shape index (κ1) is 20.2. The molecule has 2 aliphatic rings. The fourth-order valence-electron chi connectivity index (χ4n) is 3.57. The zero-order valence-corrected chi connectivity index (χ0v) is 15.5. The van der Waals surface area contributed by atoms with Crippen LogP contribution in [0.25, 0.3) is 0 Å². The number of halogens is 2. The van der Waals surface area contributed by atoms with E-state index < -0.39 is 6.43 Å². The Bertz CT molecular complexity index is 736. The molecule has 0 aliphatic carbocycles. The molecule has 0 bridgehead atoms. The number of para-hydroxylation sites is 2. The number of hydrogen-bond donors (Lipinski definition) is 2. The number of nitrogens with one attached hydrogen (secondary N) is 2. The van der Waals surface area contributed by atoms with E-state index in [0.29, 0.717) is 37.3 Å². The summed E-state index contributed by atoms with van der Waals surface area (Å²) >= 11 is 0. The van der Waals surface area contributed by atoms with Crippen LogP contribution in [0.5, 0.6) is 0 Å². The van der Waals surface area contributed by atoms with Crippen LogP contribution in [0.1, 0.15) is 25.7 Å². The quantitative estimate of drug-likeness (QED) is 0.768. The van der Waals surface area contributed by atoms with Crippen molar-refractivity contribution in [2.75, 3.05) is 36.4 Å². The Morgan fingerprint density at radius 2 is 1.89 bits per heavy atom. The number of fused-ring (bicyclic) bond motifs is 1. The number of anilines is 2. The summed E-state index contributed by atoms with van der Waals surface area (Å²) in [6.07, 6.45) is -1.09. The molecule has 28 heavy (non-hydrogen) atoms. The second kappa shape index (κ2) is 9.09. The van der Waals surface area contributed by atoms with Crippen LogP contribution in [0.4, 0.5) is 20.2 Å². The second-order valence-electron chi connectivity index (χ2n) is 7.08. The summed E-state index contributed by atoms with van der Waals surface area (Å²) in [7, 11) is 0. The third-order valence-electron chi connectivity index (χ3n) is 4.99. The molecule has 7 nitrogen and oxygen atoms in total. The van der Waals surface area contributed by atoms with E-state index in [-0.39, 0.29) is 49.7 Å². The topological polar surface area (TPSA) is 81.8 Å². The monoisotopic (exact) mass is 394 g/mol. The van der Waals surface area contributed by atoms with Gasteiger partial charge in [0.1, 0.15) is 6.54 Å². The average molecular weight is 394 g/mol. The molecule has 0 radical (unpaired) electrons. The predicted octanol–water partition coefficient (Wildman–Crippen LogP) is 1.60. The SMILES string of the molecule is O=C1CN(C(=O)CCC(=O)NC2CCN(CC(F)F)CC2)c2ccccc2N1. The van der Waals surface area contributed by atoms with Gasteiger partial charge in [0.05, 0.1) is 17.9 Å². The van der Waals surface area contributed by atoms with Gasteiger partial charge in [-0.3, -0.25) is 19.3 Å². The van der Waals surface area contributed by atoms with Crippen molar-refractivity contribution in [1.29, 1.82) is 0 Å². The Balaban J connectivity index is 1.45. The number of rotatable bonds is 6. The number of nitrogens with zero attached hydrogens (tertiary/aromatic N) is 2. The van der Waals surface area contributed by atoms with Gasteiger partial charge in [-0.05, 0) is 25.0 Å². The van der Waals surface area contributed by atoms with Crippen LogP contribution >= 0.6 is 0 Å². The molecular formula is C19H24F2N4O3. The standard InChI is InChI=1S/C19H24F2N4O3/c20-16(21)11-24-9-7-13(8-10-24)22-17(26)5-6-19(28)25-12-18(27)23-14-3-1-2-4-15(14)25/h1-4,13,16H,5-12H2,(H,22,26)(H,23,27). The van der Waals surface area contributed by atoms with Gasteiger partial charge < -0.3 is 15.5 Å². The molecule has 2 N–H and O–H groups in total. The van der Waals surface area contributed by atoms with Crippen molar-refractivity contribution in [3.8, 4) is 0 Å². The van der Waals surface area contributed by atoms with E-state index >= 15 is 0 Å². The van der Waals surface area contributed by atoms with Crippen LogP contribution in [0, 0.1) is 0 Å². The zero-order chi connectivity index (χ0) is 20.1. The number of piperidine rings is 1. The molecule has 0 unspecified atom stereocenters. The lowest BCUT2D eigenvalue weighted by Crippen LogP contribution is -2.46. The fourth-order valence-corrected chi connectivity index (χ4v) is 3.57. The highest BCUT2D eigenvalue weighted by molar-refractivity contribution is 6.10. The molecular weight excluding hydrogens is 370 g/mol. The Hall–Kier alpha value is -2.55. The van der Waals surface area contributed by atoms with E-state index in [1.165, 1.54) is 4.90 Å². The van der Waals surface area contributed by atoms with Gasteiger partial charge >= 0.3 is 0 Å². The predicted molar refractivity (Wildman–Crippen MR) is 100 cm³/mol. The third-order valence-corrected chi connectivity index (χ3v) is 4.99. The number of alkyl halides is 2. The maximum Gasteiger partial charge on any atom is 0.251 e. The largest absolute Gasteiger partial charge is 0.353 e. The molecule has 1 aromatic rings. The van der Waals surface area contributed by atoms with Crippen molar-refractivity contribution in [2.45, 2.75) is 38.2 Å². The molecule has 0 atom stereocenters. The van der Waals surface area contributed by atoms with E-state index in [9.17, 15) is 23.2 Å². The number of carbonyl (C=O) groups excluding carboxylic acids is 3. The summed E-state index contributed by atoms with van der Waals surface area (Å²) in [6, 6.07) is 6.97. The highest BCUT2D eigenvalue weighted by Crippen LogP contribution is 2.29. The van der Waals surface area contributed by atoms with Crippen molar-refractivity contribution in [2.24, 2.45) is 0 Å². The lowest BCUT2D eigenvalue weighted by atomic mass is 10.0. The Morgan fingerprint density at radius 1 is 1.18 bits per heavy atom. The van der Waals surface area contributed by atoms with E-state index in [4.69, 9.17) is 0 Å². The summed E-state index contributed by atoms with van der Waals surface area (Å²) in [5.41, 5.74) is 1.20. The van der Waals surface area contributed by atoms with Crippen LogP contribution in [0.2, 0.25) is 0 Å². The molecule has 2 heterocycles. The van der Waals surface area contributed by atoms with Crippen LogP contribution < -0.4 is 15.5 Å². The zero-order valence-electron chi connectivity index (χ0n) is 15.5. The van der Waals surface area contributed by atoms with Crippen molar-refractivity contribution >= 4 is 29.1 Å². The number of amides is 3. The number of carbonyl (C=O) groups is 3. The normalized spacial score (nSPS) is 18.0. The van der Waals surface area contributed by atoms with Gasteiger partial charge in [0.25, 0.3) is 6.43 Å². The highest BCUT2D eigenvalue weighted by atomic mass is 19.3. The molecule has 1 fully saturated rings. The van der Waals surface area contributed by atoms with Gasteiger partial charge in [-0.15, -0.1) is 0 Å². The molecule has 9 heteroatoms. The molecule has 152 valence electrons. The van der Waals surface area contributed by atoms with Gasteiger partial charge in [0.15, 0.2) is 0 Å². The molecule has 3 rings (SSSR count). The minimum atomic E-state index is -2.35. The van der Waals surface area contributed by atoms with Gasteiger partial charge in [-0.25, -0.2) is 8.78 Å². The lowest BCUT2D eigenvalue weighted by Gasteiger charge is -2.32. The molecule has 2 aliphatic heterocycles. The minimum Gasteiger partial charge on any atom is -0.353 e. The van der Waals surface area contributed by atoms with Gasteiger partial charge in [-0.2, -0.15) is 0 Å². The number of likely N-dealkylation sites (tertiary alicyclic amines) is 1. The van der Waals surface area contributed by atoms with E-state index in [0.717, 1.165) is 0 Å². The van der Waals surface area contributed by atoms with Crippen molar-refractivity contribution in [1.82, 2.24) is 10.2 Å². The Labute approximate surface area is 162 Å². The first-order valence-corrected chi connectivity index (χ1v) is 9.41. The average Bonchev–Trinajstić information content (AvgIpc) is 2.66. The first-order chi connectivity index (χ1) is 13.4. The maximum absolute atomic E-state index is 12.5. The molecule has 1 aromatic carbocycles. The maximum atomic E-state index is 12.5. The lowest BCUT2D eigenvalue weighted by molar-refractivity contribution is -0.126. The van der Waals surface area contributed by atoms with Crippen LogP contribution in [0.3, 0.4) is 0 Å². The molecule has 1 saturated heterocycles. The third kappa shape index (κ3) is 5.25. The van der Waals surface area contributed by atoms with E-state index in [2.05, 4.69) is 10.6 Å². The smallest absolute Gasteiger partial charge is 0.251 e. The second-order valence-corrected chi connectivity index (χ2v) is 7.08. The van der Waals surface area contributed by atoms with Crippen LogP contribution in [-0.4, -0.2) is 61.3 Å². The molecule has 0 saturated carbocycles. The highest BCUT2D eigenvalue weighted by Gasteiger charge is 2.27. The fraction of sp³-hybridized carbons (Fsp3) is 0.526. The van der Waals surface area contributed by atoms with E-state index in [1.807, 2.05) is 0 Å². The van der Waals surface area contributed by atoms with Crippen LogP contribution in [0.15, 0.2) is 24.3 Å². The summed E-state index contributed by atoms with van der Waals surface area (Å²) in [5.74, 6) is -0.799. The molecule has 0 spiro atoms. The van der Waals surface area contributed by atoms with Gasteiger partial charge in [0, 0.05) is 32.0 Å². The van der Waals surface area contributed by atoms with E-state index in [1.54, 1.807) is 29.2 Å². The van der Waals surface area contributed by atoms with Crippen molar-refractivity contribution in [3.63, 3.8) is 0 Å². The Kier molecular flexibility index (Phi) is 6.56.